The maximum absolute atomic E-state index is 12.4. The van der Waals surface area contributed by atoms with Crippen LogP contribution in [0.5, 0.6) is 0 Å². The Morgan fingerprint density at radius 3 is 2.41 bits per heavy atom. The Hall–Kier alpha value is -2.41. The Kier molecular flexibility index (Phi) is 12.8. The first kappa shape index (κ1) is 31.1. The predicted molar refractivity (Wildman–Crippen MR) is 158 cm³/mol. The third-order valence-corrected chi connectivity index (χ3v) is 7.19. The highest BCUT2D eigenvalue weighted by Gasteiger charge is 2.32. The van der Waals surface area contributed by atoms with E-state index in [2.05, 4.69) is 70.2 Å². The van der Waals surface area contributed by atoms with E-state index in [9.17, 15) is 4.79 Å². The van der Waals surface area contributed by atoms with Gasteiger partial charge in [0.15, 0.2) is 0 Å². The summed E-state index contributed by atoms with van der Waals surface area (Å²) in [7, 11) is 0. The molecule has 1 atom stereocenters. The van der Waals surface area contributed by atoms with E-state index in [1.54, 1.807) is 0 Å². The molecule has 3 rings (SSSR count). The average molecular weight is 539 g/mol. The SMILES string of the molecule is Cc1ccc(C2CN(CCCCCCOCCCCc3cccc(CCN)c3)C(=O)O2)cc1COC(C)(C)C. The van der Waals surface area contributed by atoms with E-state index in [1.165, 1.54) is 16.7 Å². The molecule has 216 valence electrons. The molecule has 1 unspecified atom stereocenters. The number of nitrogens with two attached hydrogens (primary N) is 1. The van der Waals surface area contributed by atoms with Gasteiger partial charge >= 0.3 is 6.09 Å². The molecule has 2 aromatic carbocycles. The van der Waals surface area contributed by atoms with Crippen molar-refractivity contribution >= 4 is 6.09 Å². The fourth-order valence-electron chi connectivity index (χ4n) is 4.81. The number of amides is 1. The molecule has 1 saturated heterocycles. The number of nitrogens with zero attached hydrogens (tertiary/aromatic N) is 1. The minimum atomic E-state index is -0.213. The van der Waals surface area contributed by atoms with Crippen molar-refractivity contribution < 1.29 is 19.0 Å². The van der Waals surface area contributed by atoms with Crippen molar-refractivity contribution in [2.45, 2.75) is 97.4 Å². The third kappa shape index (κ3) is 11.3. The second-order valence-corrected chi connectivity index (χ2v) is 11.7. The number of carbonyl (C=O) groups excluding carboxylic acids is 1. The van der Waals surface area contributed by atoms with Crippen LogP contribution in [0.15, 0.2) is 42.5 Å². The molecule has 1 aliphatic heterocycles. The van der Waals surface area contributed by atoms with Crippen molar-refractivity contribution in [3.63, 3.8) is 0 Å². The summed E-state index contributed by atoms with van der Waals surface area (Å²) in [6, 6.07) is 15.0. The highest BCUT2D eigenvalue weighted by atomic mass is 16.6. The van der Waals surface area contributed by atoms with E-state index in [0.29, 0.717) is 19.7 Å². The largest absolute Gasteiger partial charge is 0.439 e. The highest BCUT2D eigenvalue weighted by Crippen LogP contribution is 2.28. The minimum Gasteiger partial charge on any atom is -0.439 e. The molecular weight excluding hydrogens is 488 g/mol. The maximum atomic E-state index is 12.4. The zero-order valence-corrected chi connectivity index (χ0v) is 24.7. The van der Waals surface area contributed by atoms with E-state index < -0.39 is 0 Å². The fraction of sp³-hybridized carbons (Fsp3) is 0.606. The van der Waals surface area contributed by atoms with Crippen LogP contribution in [-0.4, -0.2) is 49.4 Å². The van der Waals surface area contributed by atoms with Crippen LogP contribution in [0.3, 0.4) is 0 Å². The molecule has 0 radical (unpaired) electrons. The van der Waals surface area contributed by atoms with Gasteiger partial charge in [-0.2, -0.15) is 0 Å². The van der Waals surface area contributed by atoms with Crippen molar-refractivity contribution in [3.05, 3.63) is 70.3 Å². The number of rotatable bonds is 17. The molecule has 39 heavy (non-hydrogen) atoms. The van der Waals surface area contributed by atoms with E-state index >= 15 is 0 Å². The van der Waals surface area contributed by atoms with Gasteiger partial charge in [-0.05, 0) is 107 Å². The summed E-state index contributed by atoms with van der Waals surface area (Å²) in [6.45, 7) is 12.5. The monoisotopic (exact) mass is 538 g/mol. The van der Waals surface area contributed by atoms with Crippen LogP contribution in [0.4, 0.5) is 4.79 Å². The van der Waals surface area contributed by atoms with Crippen LogP contribution in [0.2, 0.25) is 0 Å². The van der Waals surface area contributed by atoms with E-state index in [-0.39, 0.29) is 17.8 Å². The molecule has 2 N–H and O–H groups in total. The van der Waals surface area contributed by atoms with Crippen molar-refractivity contribution in [1.82, 2.24) is 4.90 Å². The average Bonchev–Trinajstić information content (AvgIpc) is 3.27. The number of benzene rings is 2. The highest BCUT2D eigenvalue weighted by molar-refractivity contribution is 5.70. The number of unbranched alkanes of at least 4 members (excludes halogenated alkanes) is 4. The van der Waals surface area contributed by atoms with Gasteiger partial charge in [-0.3, -0.25) is 0 Å². The third-order valence-electron chi connectivity index (χ3n) is 7.19. The van der Waals surface area contributed by atoms with Gasteiger partial charge in [0, 0.05) is 19.8 Å². The van der Waals surface area contributed by atoms with Crippen LogP contribution < -0.4 is 5.73 Å². The van der Waals surface area contributed by atoms with Gasteiger partial charge in [0.1, 0.15) is 6.10 Å². The minimum absolute atomic E-state index is 0.191. The maximum Gasteiger partial charge on any atom is 0.410 e. The number of ether oxygens (including phenoxy) is 3. The number of carbonyl (C=O) groups is 1. The second kappa shape index (κ2) is 16.0. The lowest BCUT2D eigenvalue weighted by molar-refractivity contribution is -0.0152. The van der Waals surface area contributed by atoms with Gasteiger partial charge in [-0.25, -0.2) is 4.79 Å². The van der Waals surface area contributed by atoms with Gasteiger partial charge in [0.25, 0.3) is 0 Å². The second-order valence-electron chi connectivity index (χ2n) is 11.7. The van der Waals surface area contributed by atoms with Gasteiger partial charge in [-0.15, -0.1) is 0 Å². The van der Waals surface area contributed by atoms with Gasteiger partial charge < -0.3 is 24.8 Å². The summed E-state index contributed by atoms with van der Waals surface area (Å²) >= 11 is 0. The molecule has 0 saturated carbocycles. The van der Waals surface area contributed by atoms with E-state index in [4.69, 9.17) is 19.9 Å². The van der Waals surface area contributed by atoms with Crippen LogP contribution >= 0.6 is 0 Å². The number of hydrogen-bond acceptors (Lipinski definition) is 5. The summed E-state index contributed by atoms with van der Waals surface area (Å²) in [5.74, 6) is 0. The van der Waals surface area contributed by atoms with Gasteiger partial charge in [0.2, 0.25) is 0 Å². The predicted octanol–water partition coefficient (Wildman–Crippen LogP) is 6.90. The first-order valence-electron chi connectivity index (χ1n) is 14.8. The van der Waals surface area contributed by atoms with Gasteiger partial charge in [-0.1, -0.05) is 49.2 Å². The quantitative estimate of drug-likeness (QED) is 0.222. The summed E-state index contributed by atoms with van der Waals surface area (Å²) in [6.07, 6.45) is 8.13. The molecule has 6 heteroatoms. The van der Waals surface area contributed by atoms with Crippen molar-refractivity contribution in [2.24, 2.45) is 5.73 Å². The molecule has 1 heterocycles. The zero-order valence-electron chi connectivity index (χ0n) is 24.7. The molecule has 1 aliphatic rings. The van der Waals surface area contributed by atoms with Crippen LogP contribution in [-0.2, 0) is 33.7 Å². The smallest absolute Gasteiger partial charge is 0.410 e. The van der Waals surface area contributed by atoms with Crippen molar-refractivity contribution in [1.29, 1.82) is 0 Å². The normalized spacial score (nSPS) is 15.7. The summed E-state index contributed by atoms with van der Waals surface area (Å²) in [5, 5.41) is 0. The Bertz CT molecular complexity index is 1020. The summed E-state index contributed by atoms with van der Waals surface area (Å²) in [4.78, 5) is 14.3. The van der Waals surface area contributed by atoms with Crippen molar-refractivity contribution in [3.8, 4) is 0 Å². The molecule has 0 bridgehead atoms. The lowest BCUT2D eigenvalue weighted by atomic mass is 10.0. The van der Waals surface area contributed by atoms with E-state index in [0.717, 1.165) is 82.3 Å². The zero-order chi connectivity index (χ0) is 28.1. The standard InChI is InChI=1S/C33H50N2O4/c1-26-15-16-29(23-30(26)25-38-33(2,3)4)31-24-35(32(36)39-31)19-8-5-6-9-20-37-21-10-7-12-27-13-11-14-28(22-27)17-18-34/h11,13-16,22-23,31H,5-10,12,17-21,24-25,34H2,1-4H3. The fourth-order valence-corrected chi connectivity index (χ4v) is 4.81. The Morgan fingerprint density at radius 2 is 1.67 bits per heavy atom. The molecule has 0 spiro atoms. The molecule has 1 amide bonds. The number of hydrogen-bond donors (Lipinski definition) is 1. The molecule has 6 nitrogen and oxygen atoms in total. The Labute approximate surface area is 236 Å². The Balaban J connectivity index is 1.24. The number of aryl methyl sites for hydroxylation is 2. The van der Waals surface area contributed by atoms with Gasteiger partial charge in [0.05, 0.1) is 18.8 Å². The van der Waals surface area contributed by atoms with E-state index in [1.807, 2.05) is 4.90 Å². The lowest BCUT2D eigenvalue weighted by Gasteiger charge is -2.21. The number of cyclic esters (lactones) is 1. The summed E-state index contributed by atoms with van der Waals surface area (Å²) in [5.41, 5.74) is 11.6. The molecular formula is C33H50N2O4. The first-order chi connectivity index (χ1) is 18.7. The molecule has 1 fully saturated rings. The van der Waals surface area contributed by atoms with Crippen molar-refractivity contribution in [2.75, 3.05) is 32.8 Å². The lowest BCUT2D eigenvalue weighted by Crippen LogP contribution is -2.25. The molecule has 0 aliphatic carbocycles. The van der Waals surface area contributed by atoms with Crippen LogP contribution in [0.25, 0.3) is 0 Å². The topological polar surface area (TPSA) is 74.0 Å². The summed E-state index contributed by atoms with van der Waals surface area (Å²) < 4.78 is 17.5. The molecule has 2 aromatic rings. The molecule has 0 aromatic heterocycles. The van der Waals surface area contributed by atoms with Crippen LogP contribution in [0, 0.1) is 6.92 Å². The van der Waals surface area contributed by atoms with Crippen LogP contribution in [0.1, 0.15) is 93.2 Å². The first-order valence-corrected chi connectivity index (χ1v) is 14.8. The Morgan fingerprint density at radius 1 is 0.949 bits per heavy atom.